The third-order valence-electron chi connectivity index (χ3n) is 4.57. The van der Waals surface area contributed by atoms with Crippen LogP contribution in [0.15, 0.2) is 42.7 Å². The van der Waals surface area contributed by atoms with Gasteiger partial charge in [0.25, 0.3) is 5.91 Å². The summed E-state index contributed by atoms with van der Waals surface area (Å²) in [6, 6.07) is 6.89. The zero-order valence-corrected chi connectivity index (χ0v) is 19.5. The molecule has 2 N–H and O–H groups in total. The first-order valence-corrected chi connectivity index (χ1v) is 10.6. The summed E-state index contributed by atoms with van der Waals surface area (Å²) in [4.78, 5) is 27.7. The lowest BCUT2D eigenvalue weighted by Gasteiger charge is -2.26. The maximum atomic E-state index is 14.0. The molecule has 0 saturated carbocycles. The van der Waals surface area contributed by atoms with E-state index < -0.39 is 24.9 Å². The van der Waals surface area contributed by atoms with Gasteiger partial charge in [-0.1, -0.05) is 23.2 Å². The van der Waals surface area contributed by atoms with Crippen LogP contribution >= 0.6 is 23.2 Å². The van der Waals surface area contributed by atoms with E-state index in [1.54, 1.807) is 19.1 Å². The third-order valence-corrected chi connectivity index (χ3v) is 5.28. The second-order valence-electron chi connectivity index (χ2n) is 6.95. The number of amides is 1. The summed E-state index contributed by atoms with van der Waals surface area (Å²) in [7, 11) is -0.180. The molecule has 1 amide bonds. The average molecular weight is 503 g/mol. The number of hydrogen-bond donors (Lipinski definition) is 2. The van der Waals surface area contributed by atoms with Crippen LogP contribution in [0.1, 0.15) is 29.1 Å². The first-order valence-electron chi connectivity index (χ1n) is 9.87. The number of nitrogens with one attached hydrogen (secondary N) is 1. The summed E-state index contributed by atoms with van der Waals surface area (Å²) in [6.45, 7) is 2.95. The largest absolute Gasteiger partial charge is 0.482 e. The van der Waals surface area contributed by atoms with Gasteiger partial charge in [0.15, 0.2) is 17.3 Å². The number of halogens is 3. The molecule has 34 heavy (non-hydrogen) atoms. The van der Waals surface area contributed by atoms with E-state index in [1.807, 2.05) is 0 Å². The van der Waals surface area contributed by atoms with Crippen LogP contribution in [-0.4, -0.2) is 46.8 Å². The van der Waals surface area contributed by atoms with E-state index in [0.717, 1.165) is 18.2 Å². The van der Waals surface area contributed by atoms with E-state index in [2.05, 4.69) is 20.5 Å². The summed E-state index contributed by atoms with van der Waals surface area (Å²) < 4.78 is 21.1. The zero-order chi connectivity index (χ0) is 24.8. The minimum atomic E-state index is -1.20. The van der Waals surface area contributed by atoms with Gasteiger partial charge in [-0.3, -0.25) is 9.78 Å². The van der Waals surface area contributed by atoms with Gasteiger partial charge in [-0.2, -0.15) is 0 Å². The highest BCUT2D eigenvalue weighted by Crippen LogP contribution is 2.37. The Labute approximate surface area is 205 Å². The van der Waals surface area contributed by atoms with Crippen molar-refractivity contribution in [1.29, 1.82) is 0 Å². The van der Waals surface area contributed by atoms with E-state index in [1.165, 1.54) is 31.3 Å². The minimum Gasteiger partial charge on any atom is -0.482 e. The Morgan fingerprint density at radius 2 is 2.00 bits per heavy atom. The molecule has 1 aromatic carbocycles. The number of anilines is 2. The van der Waals surface area contributed by atoms with Gasteiger partial charge in [-0.15, -0.1) is 10.2 Å². The van der Waals surface area contributed by atoms with Crippen molar-refractivity contribution in [1.82, 2.24) is 15.2 Å². The van der Waals surface area contributed by atoms with Crippen molar-refractivity contribution < 1.29 is 23.7 Å². The molecule has 3 rings (SSSR count). The lowest BCUT2D eigenvalue weighted by molar-refractivity contribution is 0.102. The van der Waals surface area contributed by atoms with Gasteiger partial charge in [0, 0.05) is 34.7 Å². The van der Waals surface area contributed by atoms with Crippen LogP contribution in [0.3, 0.4) is 0 Å². The van der Waals surface area contributed by atoms with E-state index in [0.29, 0.717) is 11.9 Å². The van der Waals surface area contributed by atoms with Crippen LogP contribution in [-0.2, 0) is 4.79 Å². The predicted octanol–water partition coefficient (Wildman–Crippen LogP) is 3.44. The molecule has 1 radical (unpaired) electrons. The molecule has 1 atom stereocenters. The molecule has 3 aromatic rings. The summed E-state index contributed by atoms with van der Waals surface area (Å²) in [5.41, 5.74) is 0.507. The molecule has 0 aliphatic heterocycles. The number of nitrogens with zero attached hydrogens (tertiary/aromatic N) is 4. The standard InChI is InChI=1S/C20H17B2Cl2FN5O4/c1-11(17-13(23)3-4-14(25)18(17)24)34-16-9-15(20(32)27-12-5-7-26-8-6-12)28-29-19(16)30(21-10-31)22(2)33/h3-11,33H,1-2H3,(H,26,27,32). The van der Waals surface area contributed by atoms with Crippen LogP contribution in [0.2, 0.25) is 16.9 Å². The lowest BCUT2D eigenvalue weighted by atomic mass is 9.73. The monoisotopic (exact) mass is 502 g/mol. The molecule has 9 nitrogen and oxygen atoms in total. The summed E-state index contributed by atoms with van der Waals surface area (Å²) in [5.74, 6) is -1.41. The van der Waals surface area contributed by atoms with Gasteiger partial charge in [-0.05, 0) is 38.0 Å². The van der Waals surface area contributed by atoms with Crippen LogP contribution in [0.5, 0.6) is 5.75 Å². The molecule has 173 valence electrons. The van der Waals surface area contributed by atoms with Gasteiger partial charge >= 0.3 is 14.5 Å². The second-order valence-corrected chi connectivity index (χ2v) is 7.73. The van der Waals surface area contributed by atoms with Gasteiger partial charge in [0.1, 0.15) is 18.1 Å². The lowest BCUT2D eigenvalue weighted by Crippen LogP contribution is -2.42. The van der Waals surface area contributed by atoms with Gasteiger partial charge in [-0.25, -0.2) is 4.39 Å². The molecule has 0 bridgehead atoms. The number of hydrogen-bond acceptors (Lipinski definition) is 8. The average Bonchev–Trinajstić information content (AvgIpc) is 2.81. The number of ether oxygens (including phenoxy) is 1. The number of aromatic nitrogens is 3. The van der Waals surface area contributed by atoms with Gasteiger partial charge in [0.2, 0.25) is 0 Å². The molecule has 0 aliphatic carbocycles. The minimum absolute atomic E-state index is 0.0437. The fourth-order valence-electron chi connectivity index (χ4n) is 2.98. The van der Waals surface area contributed by atoms with Crippen molar-refractivity contribution in [3.05, 3.63) is 69.8 Å². The molecular weight excluding hydrogens is 486 g/mol. The number of rotatable bonds is 9. The normalized spacial score (nSPS) is 11.4. The van der Waals surface area contributed by atoms with Crippen LogP contribution < -0.4 is 14.8 Å². The van der Waals surface area contributed by atoms with Crippen molar-refractivity contribution in [3.63, 3.8) is 0 Å². The highest BCUT2D eigenvalue weighted by molar-refractivity contribution is 6.82. The molecule has 0 aliphatic rings. The quantitative estimate of drug-likeness (QED) is 0.259. The maximum Gasteiger partial charge on any atom is 0.397 e. The van der Waals surface area contributed by atoms with E-state index in [9.17, 15) is 19.0 Å². The van der Waals surface area contributed by atoms with Gasteiger partial charge in [0.05, 0.1) is 5.02 Å². The Morgan fingerprint density at radius 1 is 1.29 bits per heavy atom. The molecule has 1 unspecified atom stereocenters. The molecule has 0 spiro atoms. The highest BCUT2D eigenvalue weighted by Gasteiger charge is 2.27. The Kier molecular flexibility index (Phi) is 8.43. The molecule has 0 fully saturated rings. The third kappa shape index (κ3) is 5.82. The molecule has 2 heterocycles. The van der Waals surface area contributed by atoms with Gasteiger partial charge < -0.3 is 24.6 Å². The molecular formula is C20H17B2Cl2FN5O4. The summed E-state index contributed by atoms with van der Waals surface area (Å²) >= 11 is 12.3. The first-order chi connectivity index (χ1) is 16.2. The molecule has 2 aromatic heterocycles. The number of carbonyl (C=O) groups excluding carboxylic acids is 2. The molecule has 14 heteroatoms. The summed E-state index contributed by atoms with van der Waals surface area (Å²) in [6.07, 6.45) is 2.53. The predicted molar refractivity (Wildman–Crippen MR) is 129 cm³/mol. The topological polar surface area (TPSA) is 118 Å². The van der Waals surface area contributed by atoms with Crippen molar-refractivity contribution in [2.24, 2.45) is 0 Å². The van der Waals surface area contributed by atoms with Crippen molar-refractivity contribution in [3.8, 4) is 5.75 Å². The Bertz CT molecular complexity index is 1190. The Morgan fingerprint density at radius 3 is 2.65 bits per heavy atom. The first kappa shape index (κ1) is 25.4. The van der Waals surface area contributed by atoms with Crippen LogP contribution in [0.25, 0.3) is 0 Å². The fraction of sp³-hybridized carbons (Fsp3) is 0.150. The SMILES string of the molecule is CB(O)N([B]C=O)c1nnc(C(=O)Nc2ccncc2)cc1OC(C)c1c(Cl)ccc(F)c1Cl. The second kappa shape index (κ2) is 11.3. The number of carbonyl (C=O) groups is 2. The fourth-order valence-corrected chi connectivity index (χ4v) is 3.66. The van der Waals surface area contributed by atoms with E-state index in [4.69, 9.17) is 27.9 Å². The van der Waals surface area contributed by atoms with E-state index >= 15 is 0 Å². The highest BCUT2D eigenvalue weighted by atomic mass is 35.5. The van der Waals surface area contributed by atoms with Crippen molar-refractivity contribution in [2.75, 3.05) is 10.0 Å². The number of pyridine rings is 1. The van der Waals surface area contributed by atoms with Crippen LogP contribution in [0.4, 0.5) is 15.9 Å². The summed E-state index contributed by atoms with van der Waals surface area (Å²) in [5, 5.41) is 20.5. The number of benzene rings is 1. The van der Waals surface area contributed by atoms with Crippen LogP contribution in [0, 0.1) is 5.82 Å². The van der Waals surface area contributed by atoms with Crippen molar-refractivity contribution in [2.45, 2.75) is 19.9 Å². The molecule has 0 saturated heterocycles. The Balaban J connectivity index is 2.02. The zero-order valence-electron chi connectivity index (χ0n) is 17.9. The Hall–Kier alpha value is -3.21. The smallest absolute Gasteiger partial charge is 0.397 e. The van der Waals surface area contributed by atoms with E-state index in [-0.39, 0.29) is 32.9 Å². The van der Waals surface area contributed by atoms with Crippen molar-refractivity contribution >= 4 is 61.3 Å². The maximum absolute atomic E-state index is 14.0.